The van der Waals surface area contributed by atoms with E-state index in [2.05, 4.69) is 11.4 Å². The normalized spacial score (nSPS) is 26.6. The minimum atomic E-state index is 0.115. The van der Waals surface area contributed by atoms with Crippen LogP contribution in [0.25, 0.3) is 0 Å². The zero-order chi connectivity index (χ0) is 11.5. The van der Waals surface area contributed by atoms with Gasteiger partial charge in [-0.05, 0) is 37.6 Å². The van der Waals surface area contributed by atoms with Crippen molar-refractivity contribution in [2.24, 2.45) is 11.7 Å². The van der Waals surface area contributed by atoms with Crippen LogP contribution in [-0.2, 0) is 4.79 Å². The van der Waals surface area contributed by atoms with Crippen molar-refractivity contribution in [3.63, 3.8) is 0 Å². The van der Waals surface area contributed by atoms with Crippen LogP contribution in [0.4, 0.5) is 0 Å². The summed E-state index contributed by atoms with van der Waals surface area (Å²) < 4.78 is 0. The number of hydrogen-bond donors (Lipinski definition) is 2. The smallest absolute Gasteiger partial charge is 0.223 e. The molecule has 1 saturated carbocycles. The second-order valence-electron chi connectivity index (χ2n) is 4.52. The SMILES string of the molecule is C[C@@H](NC(=O)C1CCC(N)C1)c1cccs1. The van der Waals surface area contributed by atoms with Crippen molar-refractivity contribution in [1.82, 2.24) is 5.32 Å². The van der Waals surface area contributed by atoms with Gasteiger partial charge in [-0.1, -0.05) is 6.07 Å². The number of amides is 1. The fourth-order valence-corrected chi connectivity index (χ4v) is 2.93. The van der Waals surface area contributed by atoms with Gasteiger partial charge in [0.25, 0.3) is 0 Å². The van der Waals surface area contributed by atoms with Gasteiger partial charge in [0.05, 0.1) is 6.04 Å². The molecule has 2 unspecified atom stereocenters. The highest BCUT2D eigenvalue weighted by atomic mass is 32.1. The summed E-state index contributed by atoms with van der Waals surface area (Å²) in [4.78, 5) is 13.1. The molecule has 2 rings (SSSR count). The molecule has 3 nitrogen and oxygen atoms in total. The minimum Gasteiger partial charge on any atom is -0.349 e. The van der Waals surface area contributed by atoms with Crippen molar-refractivity contribution in [2.75, 3.05) is 0 Å². The average Bonchev–Trinajstić information content (AvgIpc) is 2.87. The van der Waals surface area contributed by atoms with Crippen molar-refractivity contribution in [3.05, 3.63) is 22.4 Å². The molecule has 88 valence electrons. The predicted molar refractivity (Wildman–Crippen MR) is 66.2 cm³/mol. The second kappa shape index (κ2) is 4.97. The van der Waals surface area contributed by atoms with E-state index in [0.717, 1.165) is 19.3 Å². The van der Waals surface area contributed by atoms with E-state index in [1.54, 1.807) is 11.3 Å². The van der Waals surface area contributed by atoms with Gasteiger partial charge in [0.1, 0.15) is 0 Å². The lowest BCUT2D eigenvalue weighted by Gasteiger charge is -2.15. The maximum Gasteiger partial charge on any atom is 0.223 e. The van der Waals surface area contributed by atoms with Gasteiger partial charge in [0.2, 0.25) is 5.91 Å². The molecular weight excluding hydrogens is 220 g/mol. The summed E-state index contributed by atoms with van der Waals surface area (Å²) in [7, 11) is 0. The Bertz CT molecular complexity index is 350. The Labute approximate surface area is 100 Å². The van der Waals surface area contributed by atoms with Gasteiger partial charge in [-0.25, -0.2) is 0 Å². The molecule has 0 radical (unpaired) electrons. The predicted octanol–water partition coefficient (Wildman–Crippen LogP) is 2.05. The standard InChI is InChI=1S/C12H18N2OS/c1-8(11-3-2-6-16-11)14-12(15)9-4-5-10(13)7-9/h2-3,6,8-10H,4-5,7,13H2,1H3,(H,14,15)/t8-,9?,10?/m1/s1. The van der Waals surface area contributed by atoms with Gasteiger partial charge in [0.15, 0.2) is 0 Å². The van der Waals surface area contributed by atoms with E-state index >= 15 is 0 Å². The molecule has 0 aromatic carbocycles. The van der Waals surface area contributed by atoms with Crippen LogP contribution in [0, 0.1) is 5.92 Å². The number of nitrogens with two attached hydrogens (primary N) is 1. The van der Waals surface area contributed by atoms with Crippen LogP contribution in [0.15, 0.2) is 17.5 Å². The zero-order valence-corrected chi connectivity index (χ0v) is 10.3. The molecule has 1 aromatic rings. The molecule has 0 bridgehead atoms. The lowest BCUT2D eigenvalue weighted by atomic mass is 10.1. The molecule has 1 aromatic heterocycles. The lowest BCUT2D eigenvalue weighted by Crippen LogP contribution is -2.32. The molecule has 4 heteroatoms. The highest BCUT2D eigenvalue weighted by Crippen LogP contribution is 2.26. The Morgan fingerprint density at radius 3 is 3.00 bits per heavy atom. The molecule has 3 N–H and O–H groups in total. The number of carbonyl (C=O) groups excluding carboxylic acids is 1. The van der Waals surface area contributed by atoms with Crippen molar-refractivity contribution < 1.29 is 4.79 Å². The van der Waals surface area contributed by atoms with E-state index < -0.39 is 0 Å². The summed E-state index contributed by atoms with van der Waals surface area (Å²) in [6.45, 7) is 2.03. The van der Waals surface area contributed by atoms with Crippen molar-refractivity contribution >= 4 is 17.2 Å². The van der Waals surface area contributed by atoms with Gasteiger partial charge < -0.3 is 11.1 Å². The van der Waals surface area contributed by atoms with Gasteiger partial charge in [-0.15, -0.1) is 11.3 Å². The van der Waals surface area contributed by atoms with Crippen LogP contribution in [0.2, 0.25) is 0 Å². The molecule has 1 fully saturated rings. The third kappa shape index (κ3) is 2.62. The lowest BCUT2D eigenvalue weighted by molar-refractivity contribution is -0.125. The highest BCUT2D eigenvalue weighted by Gasteiger charge is 2.28. The molecule has 1 amide bonds. The van der Waals surface area contributed by atoms with E-state index in [1.165, 1.54) is 4.88 Å². The first-order chi connectivity index (χ1) is 7.66. The third-order valence-corrected chi connectivity index (χ3v) is 4.23. The van der Waals surface area contributed by atoms with Crippen LogP contribution in [-0.4, -0.2) is 11.9 Å². The summed E-state index contributed by atoms with van der Waals surface area (Å²) >= 11 is 1.68. The first-order valence-corrected chi connectivity index (χ1v) is 6.64. The van der Waals surface area contributed by atoms with E-state index in [-0.39, 0.29) is 23.9 Å². The minimum absolute atomic E-state index is 0.115. The molecule has 0 saturated heterocycles. The number of carbonyl (C=O) groups is 1. The monoisotopic (exact) mass is 238 g/mol. The molecule has 16 heavy (non-hydrogen) atoms. The Kier molecular flexibility index (Phi) is 3.61. The molecule has 1 heterocycles. The van der Waals surface area contributed by atoms with Gasteiger partial charge >= 0.3 is 0 Å². The second-order valence-corrected chi connectivity index (χ2v) is 5.50. The summed E-state index contributed by atoms with van der Waals surface area (Å²) in [6, 6.07) is 4.39. The summed E-state index contributed by atoms with van der Waals surface area (Å²) in [5, 5.41) is 5.09. The number of rotatable bonds is 3. The zero-order valence-electron chi connectivity index (χ0n) is 9.48. The van der Waals surface area contributed by atoms with Gasteiger partial charge in [-0.3, -0.25) is 4.79 Å². The summed E-state index contributed by atoms with van der Waals surface area (Å²) in [6.07, 6.45) is 2.75. The fourth-order valence-electron chi connectivity index (χ4n) is 2.19. The third-order valence-electron chi connectivity index (χ3n) is 3.17. The molecule has 3 atom stereocenters. The molecule has 0 aliphatic heterocycles. The largest absolute Gasteiger partial charge is 0.349 e. The topological polar surface area (TPSA) is 55.1 Å². The maximum absolute atomic E-state index is 11.9. The number of nitrogens with one attached hydrogen (secondary N) is 1. The van der Waals surface area contributed by atoms with Crippen molar-refractivity contribution in [2.45, 2.75) is 38.3 Å². The van der Waals surface area contributed by atoms with Crippen LogP contribution in [0.3, 0.4) is 0 Å². The van der Waals surface area contributed by atoms with Crippen LogP contribution in [0.1, 0.15) is 37.1 Å². The molecule has 1 aliphatic carbocycles. The Balaban J connectivity index is 1.88. The van der Waals surface area contributed by atoms with E-state index in [0.29, 0.717) is 0 Å². The van der Waals surface area contributed by atoms with E-state index in [9.17, 15) is 4.79 Å². The molecule has 1 aliphatic rings. The summed E-state index contributed by atoms with van der Waals surface area (Å²) in [5.74, 6) is 0.284. The highest BCUT2D eigenvalue weighted by molar-refractivity contribution is 7.10. The van der Waals surface area contributed by atoms with Crippen molar-refractivity contribution in [3.8, 4) is 0 Å². The quantitative estimate of drug-likeness (QED) is 0.847. The van der Waals surface area contributed by atoms with Crippen LogP contribution >= 0.6 is 11.3 Å². The Morgan fingerprint density at radius 1 is 1.62 bits per heavy atom. The summed E-state index contributed by atoms with van der Waals surface area (Å²) in [5.41, 5.74) is 5.81. The first kappa shape index (κ1) is 11.6. The fraction of sp³-hybridized carbons (Fsp3) is 0.583. The number of hydrogen-bond acceptors (Lipinski definition) is 3. The molecular formula is C12H18N2OS. The van der Waals surface area contributed by atoms with Crippen LogP contribution in [0.5, 0.6) is 0 Å². The number of thiophene rings is 1. The Morgan fingerprint density at radius 2 is 2.44 bits per heavy atom. The van der Waals surface area contributed by atoms with Gasteiger partial charge in [0, 0.05) is 16.8 Å². The van der Waals surface area contributed by atoms with Crippen molar-refractivity contribution in [1.29, 1.82) is 0 Å². The first-order valence-electron chi connectivity index (χ1n) is 5.76. The maximum atomic E-state index is 11.9. The Hall–Kier alpha value is -0.870. The average molecular weight is 238 g/mol. The molecule has 0 spiro atoms. The van der Waals surface area contributed by atoms with E-state index in [4.69, 9.17) is 5.73 Å². The van der Waals surface area contributed by atoms with E-state index in [1.807, 2.05) is 18.4 Å². The van der Waals surface area contributed by atoms with Crippen LogP contribution < -0.4 is 11.1 Å². The van der Waals surface area contributed by atoms with Gasteiger partial charge in [-0.2, -0.15) is 0 Å².